The normalized spacial score (nSPS) is 17.5. The number of ether oxygens (including phenoxy) is 2. The van der Waals surface area contributed by atoms with Gasteiger partial charge in [-0.15, -0.1) is 11.8 Å². The highest BCUT2D eigenvalue weighted by Gasteiger charge is 2.26. The van der Waals surface area contributed by atoms with Gasteiger partial charge in [0.2, 0.25) is 0 Å². The quantitative estimate of drug-likeness (QED) is 0.358. The number of alkyl halides is 2. The summed E-state index contributed by atoms with van der Waals surface area (Å²) >= 11 is 1.54. The van der Waals surface area contributed by atoms with E-state index in [9.17, 15) is 13.6 Å². The molecule has 2 aromatic carbocycles. The Morgan fingerprint density at radius 2 is 2.03 bits per heavy atom. The van der Waals surface area contributed by atoms with Crippen molar-refractivity contribution < 1.29 is 23.0 Å². The molecule has 0 bridgehead atoms. The van der Waals surface area contributed by atoms with Gasteiger partial charge in [0.15, 0.2) is 11.9 Å². The molecule has 0 aliphatic carbocycles. The van der Waals surface area contributed by atoms with Crippen molar-refractivity contribution in [2.24, 2.45) is 0 Å². The van der Waals surface area contributed by atoms with Gasteiger partial charge in [-0.3, -0.25) is 4.57 Å². The monoisotopic (exact) mass is 432 g/mol. The summed E-state index contributed by atoms with van der Waals surface area (Å²) in [5.74, 6) is 0.205. The minimum absolute atomic E-state index is 0.0176. The van der Waals surface area contributed by atoms with E-state index in [1.54, 1.807) is 55.1 Å². The summed E-state index contributed by atoms with van der Waals surface area (Å²) in [5, 5.41) is 0. The summed E-state index contributed by atoms with van der Waals surface area (Å²) in [6, 6.07) is 13.8. The second kappa shape index (κ2) is 9.14. The standard InChI is InChI=1S/C22H22F2N2O3S/c1-14(20-25-17-9-3-4-10-18(17)26(20)22(23)24)29-21(27)16-8-2-5-11-19(16)30-13-15-7-6-12-28-15/h2-5,8-11,14-15,22H,6-7,12-13H2,1H3/t14-,15-/m1/s1. The summed E-state index contributed by atoms with van der Waals surface area (Å²) in [5.41, 5.74) is 1.15. The SMILES string of the molecule is C[C@@H](OC(=O)c1ccccc1SC[C@H]1CCCO1)c1nc2ccccc2n1C(F)F. The van der Waals surface area contributed by atoms with Crippen molar-refractivity contribution in [3.63, 3.8) is 0 Å². The van der Waals surface area contributed by atoms with Crippen molar-refractivity contribution in [2.75, 3.05) is 12.4 Å². The Bertz CT molecular complexity index is 1030. The van der Waals surface area contributed by atoms with Gasteiger partial charge in [0.1, 0.15) is 0 Å². The first-order chi connectivity index (χ1) is 14.5. The van der Waals surface area contributed by atoms with Gasteiger partial charge in [-0.25, -0.2) is 9.78 Å². The van der Waals surface area contributed by atoms with Gasteiger partial charge in [-0.1, -0.05) is 24.3 Å². The molecule has 4 rings (SSSR count). The number of imidazole rings is 1. The first kappa shape index (κ1) is 20.8. The number of esters is 1. The third kappa shape index (κ3) is 4.34. The zero-order valence-electron chi connectivity index (χ0n) is 16.5. The fourth-order valence-corrected chi connectivity index (χ4v) is 4.66. The number of rotatable bonds is 7. The number of hydrogen-bond donors (Lipinski definition) is 0. The number of hydrogen-bond acceptors (Lipinski definition) is 5. The molecule has 2 heterocycles. The Balaban J connectivity index is 1.53. The maximum absolute atomic E-state index is 13.7. The Morgan fingerprint density at radius 3 is 2.80 bits per heavy atom. The average molecular weight is 432 g/mol. The van der Waals surface area contributed by atoms with Crippen LogP contribution in [-0.4, -0.2) is 34.0 Å². The molecule has 5 nitrogen and oxygen atoms in total. The van der Waals surface area contributed by atoms with E-state index >= 15 is 0 Å². The number of thioether (sulfide) groups is 1. The third-order valence-electron chi connectivity index (χ3n) is 5.02. The number of para-hydroxylation sites is 2. The highest BCUT2D eigenvalue weighted by molar-refractivity contribution is 7.99. The van der Waals surface area contributed by atoms with Crippen LogP contribution in [0.2, 0.25) is 0 Å². The van der Waals surface area contributed by atoms with E-state index in [4.69, 9.17) is 9.47 Å². The highest BCUT2D eigenvalue weighted by Crippen LogP contribution is 2.31. The molecular formula is C22H22F2N2O3S. The molecule has 0 unspecified atom stereocenters. The van der Waals surface area contributed by atoms with Crippen LogP contribution in [0.5, 0.6) is 0 Å². The van der Waals surface area contributed by atoms with Crippen molar-refractivity contribution in [1.82, 2.24) is 9.55 Å². The Labute approximate surface area is 177 Å². The molecule has 1 aliphatic heterocycles. The second-order valence-corrected chi connectivity index (χ2v) is 8.16. The van der Waals surface area contributed by atoms with E-state index in [0.717, 1.165) is 34.7 Å². The van der Waals surface area contributed by atoms with E-state index in [0.29, 0.717) is 16.6 Å². The first-order valence-corrected chi connectivity index (χ1v) is 10.8. The van der Waals surface area contributed by atoms with Gasteiger partial charge in [-0.2, -0.15) is 8.78 Å². The van der Waals surface area contributed by atoms with Crippen LogP contribution in [0.4, 0.5) is 8.78 Å². The van der Waals surface area contributed by atoms with Crippen LogP contribution in [0.1, 0.15) is 48.6 Å². The number of fused-ring (bicyclic) bond motifs is 1. The molecule has 0 spiro atoms. The molecule has 0 N–H and O–H groups in total. The van der Waals surface area contributed by atoms with Gasteiger partial charge in [-0.05, 0) is 44.0 Å². The topological polar surface area (TPSA) is 53.4 Å². The fourth-order valence-electron chi connectivity index (χ4n) is 3.55. The van der Waals surface area contributed by atoms with Crippen LogP contribution in [0.3, 0.4) is 0 Å². The van der Waals surface area contributed by atoms with Crippen LogP contribution in [0.25, 0.3) is 11.0 Å². The number of nitrogens with zero attached hydrogens (tertiary/aromatic N) is 2. The zero-order chi connectivity index (χ0) is 21.1. The molecule has 0 amide bonds. The maximum Gasteiger partial charge on any atom is 0.339 e. The lowest BCUT2D eigenvalue weighted by Crippen LogP contribution is -2.15. The zero-order valence-corrected chi connectivity index (χ0v) is 17.3. The molecule has 1 aromatic heterocycles. The predicted octanol–water partition coefficient (Wildman–Crippen LogP) is 5.62. The molecule has 1 fully saturated rings. The number of aromatic nitrogens is 2. The van der Waals surface area contributed by atoms with Crippen LogP contribution in [0.15, 0.2) is 53.4 Å². The van der Waals surface area contributed by atoms with E-state index in [2.05, 4.69) is 4.98 Å². The number of halogens is 2. The average Bonchev–Trinajstić information content (AvgIpc) is 3.40. The van der Waals surface area contributed by atoms with Crippen LogP contribution in [0, 0.1) is 0 Å². The van der Waals surface area contributed by atoms with E-state index < -0.39 is 18.6 Å². The van der Waals surface area contributed by atoms with E-state index in [1.807, 2.05) is 12.1 Å². The lowest BCUT2D eigenvalue weighted by atomic mass is 10.2. The van der Waals surface area contributed by atoms with Crippen LogP contribution < -0.4 is 0 Å². The van der Waals surface area contributed by atoms with E-state index in [1.165, 1.54) is 0 Å². The van der Waals surface area contributed by atoms with Crippen LogP contribution in [-0.2, 0) is 9.47 Å². The molecule has 30 heavy (non-hydrogen) atoms. The number of benzene rings is 2. The highest BCUT2D eigenvalue weighted by atomic mass is 32.2. The molecule has 1 saturated heterocycles. The van der Waals surface area contributed by atoms with Gasteiger partial charge in [0, 0.05) is 17.3 Å². The molecule has 3 aromatic rings. The smallest absolute Gasteiger partial charge is 0.339 e. The number of carbonyl (C=O) groups excluding carboxylic acids is 1. The Morgan fingerprint density at radius 1 is 1.27 bits per heavy atom. The van der Waals surface area contributed by atoms with Gasteiger partial charge < -0.3 is 9.47 Å². The van der Waals surface area contributed by atoms with Crippen LogP contribution >= 0.6 is 11.8 Å². The second-order valence-electron chi connectivity index (χ2n) is 7.10. The first-order valence-electron chi connectivity index (χ1n) is 9.84. The van der Waals surface area contributed by atoms with Gasteiger partial charge in [0.25, 0.3) is 0 Å². The molecule has 0 saturated carbocycles. The summed E-state index contributed by atoms with van der Waals surface area (Å²) < 4.78 is 39.4. The van der Waals surface area contributed by atoms with Gasteiger partial charge >= 0.3 is 12.5 Å². The minimum atomic E-state index is -2.79. The van der Waals surface area contributed by atoms with Crippen molar-refractivity contribution in [1.29, 1.82) is 0 Å². The Hall–Kier alpha value is -2.45. The van der Waals surface area contributed by atoms with Crippen molar-refractivity contribution in [3.05, 3.63) is 59.9 Å². The van der Waals surface area contributed by atoms with Crippen molar-refractivity contribution >= 4 is 28.8 Å². The lowest BCUT2D eigenvalue weighted by molar-refractivity contribution is 0.0229. The maximum atomic E-state index is 13.7. The molecule has 8 heteroatoms. The largest absolute Gasteiger partial charge is 0.451 e. The summed E-state index contributed by atoms with van der Waals surface area (Å²) in [7, 11) is 0. The van der Waals surface area contributed by atoms with Crippen molar-refractivity contribution in [3.8, 4) is 0 Å². The molecule has 1 aliphatic rings. The summed E-state index contributed by atoms with van der Waals surface area (Å²) in [4.78, 5) is 17.9. The predicted molar refractivity (Wildman–Crippen MR) is 111 cm³/mol. The Kier molecular flexibility index (Phi) is 6.34. The van der Waals surface area contributed by atoms with Gasteiger partial charge in [0.05, 0.1) is 22.7 Å². The molecular weight excluding hydrogens is 410 g/mol. The number of carbonyl (C=O) groups is 1. The summed E-state index contributed by atoms with van der Waals surface area (Å²) in [6.07, 6.45) is 1.32. The van der Waals surface area contributed by atoms with E-state index in [-0.39, 0.29) is 11.9 Å². The third-order valence-corrected chi connectivity index (χ3v) is 6.23. The summed E-state index contributed by atoms with van der Waals surface area (Å²) in [6.45, 7) is -0.458. The lowest BCUT2D eigenvalue weighted by Gasteiger charge is -2.16. The minimum Gasteiger partial charge on any atom is -0.451 e. The fraction of sp³-hybridized carbons (Fsp3) is 0.364. The molecule has 2 atom stereocenters. The molecule has 158 valence electrons. The molecule has 0 radical (unpaired) electrons. The van der Waals surface area contributed by atoms with Crippen molar-refractivity contribution in [2.45, 2.75) is 43.4 Å².